The van der Waals surface area contributed by atoms with Crippen LogP contribution in [0.15, 0.2) is 53.4 Å². The molecule has 0 bridgehead atoms. The highest BCUT2D eigenvalue weighted by atomic mass is 35.5. The maximum atomic E-state index is 12.8. The Hall–Kier alpha value is -1.85. The summed E-state index contributed by atoms with van der Waals surface area (Å²) in [6.07, 6.45) is 3.16. The van der Waals surface area contributed by atoms with Crippen LogP contribution in [0.2, 0.25) is 5.02 Å². The van der Waals surface area contributed by atoms with Crippen LogP contribution in [0, 0.1) is 0 Å². The lowest BCUT2D eigenvalue weighted by molar-refractivity contribution is 0.0730. The molecule has 1 amide bonds. The van der Waals surface area contributed by atoms with Gasteiger partial charge in [-0.15, -0.1) is 0 Å². The van der Waals surface area contributed by atoms with Crippen molar-refractivity contribution in [2.24, 2.45) is 0 Å². The Morgan fingerprint density at radius 2 is 1.67 bits per heavy atom. The van der Waals surface area contributed by atoms with Crippen molar-refractivity contribution in [3.8, 4) is 0 Å². The molecule has 0 radical (unpaired) electrons. The molecule has 1 saturated carbocycles. The maximum absolute atomic E-state index is 12.8. The number of nitrogens with zero attached hydrogens (tertiary/aromatic N) is 1. The SMILES string of the molecule is CS(=O)(=O)c1ccc(C(=O)N(Cc2ccc(Cl)cc2)C2CC2)cc1. The van der Waals surface area contributed by atoms with E-state index in [9.17, 15) is 13.2 Å². The smallest absolute Gasteiger partial charge is 0.254 e. The van der Waals surface area contributed by atoms with Gasteiger partial charge in [-0.3, -0.25) is 4.79 Å². The number of hydrogen-bond donors (Lipinski definition) is 0. The van der Waals surface area contributed by atoms with Gasteiger partial charge in [0.2, 0.25) is 0 Å². The molecule has 24 heavy (non-hydrogen) atoms. The molecule has 1 aliphatic rings. The van der Waals surface area contributed by atoms with E-state index < -0.39 is 9.84 Å². The number of rotatable bonds is 5. The predicted molar refractivity (Wildman–Crippen MR) is 93.9 cm³/mol. The van der Waals surface area contributed by atoms with Crippen LogP contribution in [0.4, 0.5) is 0 Å². The number of carbonyl (C=O) groups excluding carboxylic acids is 1. The highest BCUT2D eigenvalue weighted by Gasteiger charge is 2.33. The van der Waals surface area contributed by atoms with Crippen molar-refractivity contribution in [1.29, 1.82) is 0 Å². The fraction of sp³-hybridized carbons (Fsp3) is 0.278. The Morgan fingerprint density at radius 3 is 2.17 bits per heavy atom. The third-order valence-electron chi connectivity index (χ3n) is 4.04. The fourth-order valence-corrected chi connectivity index (χ4v) is 3.31. The number of hydrogen-bond acceptors (Lipinski definition) is 3. The first-order valence-electron chi connectivity index (χ1n) is 7.70. The first kappa shape index (κ1) is 17.0. The fourth-order valence-electron chi connectivity index (χ4n) is 2.55. The molecule has 4 nitrogen and oxygen atoms in total. The van der Waals surface area contributed by atoms with Crippen LogP contribution in [0.1, 0.15) is 28.8 Å². The van der Waals surface area contributed by atoms with E-state index in [1.807, 2.05) is 29.2 Å². The summed E-state index contributed by atoms with van der Waals surface area (Å²) in [5.41, 5.74) is 1.52. The summed E-state index contributed by atoms with van der Waals surface area (Å²) in [4.78, 5) is 14.9. The van der Waals surface area contributed by atoms with Crippen LogP contribution in [-0.2, 0) is 16.4 Å². The Bertz CT molecular complexity index is 841. The van der Waals surface area contributed by atoms with Crippen LogP contribution < -0.4 is 0 Å². The lowest BCUT2D eigenvalue weighted by Crippen LogP contribution is -2.32. The molecule has 0 aromatic heterocycles. The van der Waals surface area contributed by atoms with E-state index in [-0.39, 0.29) is 16.8 Å². The average molecular weight is 364 g/mol. The molecule has 126 valence electrons. The number of halogens is 1. The summed E-state index contributed by atoms with van der Waals surface area (Å²) in [6.45, 7) is 0.522. The minimum Gasteiger partial charge on any atom is -0.331 e. The van der Waals surface area contributed by atoms with Crippen LogP contribution in [0.5, 0.6) is 0 Å². The summed E-state index contributed by atoms with van der Waals surface area (Å²) < 4.78 is 23.1. The van der Waals surface area contributed by atoms with Gasteiger partial charge >= 0.3 is 0 Å². The van der Waals surface area contributed by atoms with E-state index in [4.69, 9.17) is 11.6 Å². The van der Waals surface area contributed by atoms with E-state index in [1.165, 1.54) is 12.1 Å². The summed E-state index contributed by atoms with van der Waals surface area (Å²) >= 11 is 5.90. The normalized spacial score (nSPS) is 14.4. The van der Waals surface area contributed by atoms with Crippen molar-refractivity contribution in [3.63, 3.8) is 0 Å². The minimum absolute atomic E-state index is 0.0764. The highest BCUT2D eigenvalue weighted by molar-refractivity contribution is 7.90. The summed E-state index contributed by atoms with van der Waals surface area (Å²) in [6, 6.07) is 13.8. The molecule has 0 N–H and O–H groups in total. The van der Waals surface area contributed by atoms with E-state index in [0.29, 0.717) is 17.1 Å². The Balaban J connectivity index is 1.81. The van der Waals surface area contributed by atoms with Gasteiger partial charge in [0.25, 0.3) is 5.91 Å². The molecule has 0 saturated heterocycles. The second kappa shape index (κ2) is 6.57. The second-order valence-corrected chi connectivity index (χ2v) is 8.54. The quantitative estimate of drug-likeness (QED) is 0.816. The Labute approximate surface area is 147 Å². The first-order chi connectivity index (χ1) is 11.3. The van der Waals surface area contributed by atoms with Crippen LogP contribution in [0.25, 0.3) is 0 Å². The van der Waals surface area contributed by atoms with E-state index in [1.54, 1.807) is 12.1 Å². The van der Waals surface area contributed by atoms with Crippen molar-refractivity contribution < 1.29 is 13.2 Å². The van der Waals surface area contributed by atoms with Crippen LogP contribution in [-0.4, -0.2) is 31.5 Å². The lowest BCUT2D eigenvalue weighted by Gasteiger charge is -2.23. The predicted octanol–water partition coefficient (Wildman–Crippen LogP) is 3.55. The first-order valence-corrected chi connectivity index (χ1v) is 9.97. The van der Waals surface area contributed by atoms with E-state index in [2.05, 4.69) is 0 Å². The van der Waals surface area contributed by atoms with Gasteiger partial charge in [-0.1, -0.05) is 23.7 Å². The molecule has 3 rings (SSSR count). The number of benzene rings is 2. The zero-order valence-electron chi connectivity index (χ0n) is 13.3. The van der Waals surface area contributed by atoms with Gasteiger partial charge in [0.15, 0.2) is 9.84 Å². The van der Waals surface area contributed by atoms with Crippen molar-refractivity contribution in [3.05, 3.63) is 64.7 Å². The molecule has 1 aliphatic carbocycles. The number of amides is 1. The molecule has 1 fully saturated rings. The zero-order chi connectivity index (χ0) is 17.3. The van der Waals surface area contributed by atoms with Gasteiger partial charge in [0, 0.05) is 29.4 Å². The summed E-state index contributed by atoms with van der Waals surface area (Å²) in [7, 11) is -3.26. The Morgan fingerprint density at radius 1 is 1.08 bits per heavy atom. The van der Waals surface area contributed by atoms with Gasteiger partial charge in [-0.25, -0.2) is 8.42 Å². The Kier molecular flexibility index (Phi) is 4.65. The number of sulfone groups is 1. The highest BCUT2D eigenvalue weighted by Crippen LogP contribution is 2.30. The molecule has 0 heterocycles. The maximum Gasteiger partial charge on any atom is 0.254 e. The minimum atomic E-state index is -3.26. The lowest BCUT2D eigenvalue weighted by atomic mass is 10.1. The third kappa shape index (κ3) is 3.97. The zero-order valence-corrected chi connectivity index (χ0v) is 14.8. The van der Waals surface area contributed by atoms with Crippen molar-refractivity contribution in [2.45, 2.75) is 30.3 Å². The number of carbonyl (C=O) groups is 1. The molecular formula is C18H18ClNO3S. The molecule has 0 unspecified atom stereocenters. The molecule has 0 aliphatic heterocycles. The summed E-state index contributed by atoms with van der Waals surface area (Å²) in [5, 5.41) is 0.666. The molecule has 0 spiro atoms. The molecule has 2 aromatic carbocycles. The van der Waals surface area contributed by atoms with Gasteiger partial charge in [0.05, 0.1) is 4.90 Å². The topological polar surface area (TPSA) is 54.5 Å². The van der Waals surface area contributed by atoms with Gasteiger partial charge in [0.1, 0.15) is 0 Å². The van der Waals surface area contributed by atoms with Crippen LogP contribution in [0.3, 0.4) is 0 Å². The second-order valence-electron chi connectivity index (χ2n) is 6.09. The monoisotopic (exact) mass is 363 g/mol. The van der Waals surface area contributed by atoms with Crippen molar-refractivity contribution >= 4 is 27.3 Å². The van der Waals surface area contributed by atoms with E-state index in [0.717, 1.165) is 24.7 Å². The average Bonchev–Trinajstić information content (AvgIpc) is 3.38. The van der Waals surface area contributed by atoms with E-state index >= 15 is 0 Å². The largest absolute Gasteiger partial charge is 0.331 e. The van der Waals surface area contributed by atoms with Gasteiger partial charge in [-0.05, 0) is 54.8 Å². The van der Waals surface area contributed by atoms with Gasteiger partial charge < -0.3 is 4.90 Å². The third-order valence-corrected chi connectivity index (χ3v) is 5.42. The molecule has 0 atom stereocenters. The molecular weight excluding hydrogens is 346 g/mol. The van der Waals surface area contributed by atoms with Gasteiger partial charge in [-0.2, -0.15) is 0 Å². The molecule has 6 heteroatoms. The summed E-state index contributed by atoms with van der Waals surface area (Å²) in [5.74, 6) is -0.0764. The molecule has 2 aromatic rings. The van der Waals surface area contributed by atoms with Crippen molar-refractivity contribution in [1.82, 2.24) is 4.90 Å². The van der Waals surface area contributed by atoms with Crippen LogP contribution >= 0.6 is 11.6 Å². The standard InChI is InChI=1S/C18H18ClNO3S/c1-24(22,23)17-10-4-14(5-11-17)18(21)20(16-8-9-16)12-13-2-6-15(19)7-3-13/h2-7,10-11,16H,8-9,12H2,1H3. The van der Waals surface area contributed by atoms with Crippen molar-refractivity contribution in [2.75, 3.05) is 6.26 Å².